The Kier molecular flexibility index (Phi) is 4.01. The van der Waals surface area contributed by atoms with Gasteiger partial charge in [-0.25, -0.2) is 9.97 Å². The minimum atomic E-state index is 0.653. The molecule has 2 aromatic heterocycles. The number of aromatic nitrogens is 5. The molecule has 0 fully saturated rings. The van der Waals surface area contributed by atoms with Crippen molar-refractivity contribution >= 4 is 28.6 Å². The molecule has 6 nitrogen and oxygen atoms in total. The summed E-state index contributed by atoms with van der Waals surface area (Å²) < 4.78 is 1.88. The molecule has 0 spiro atoms. The molecular weight excluding hydrogens is 284 g/mol. The van der Waals surface area contributed by atoms with Gasteiger partial charge in [0.1, 0.15) is 11.4 Å². The first-order valence-corrected chi connectivity index (χ1v) is 7.62. The first kappa shape index (κ1) is 13.8. The lowest BCUT2D eigenvalue weighted by Crippen LogP contribution is -2.05. The highest BCUT2D eigenvalue weighted by atomic mass is 32.2. The SMILES string of the molecule is CCCNc1nc(Sc2nncn2C)c2ccccc2n1. The molecular formula is C14H16N6S. The number of aryl methyl sites for hydroxylation is 1. The van der Waals surface area contributed by atoms with Crippen LogP contribution < -0.4 is 5.32 Å². The maximum Gasteiger partial charge on any atom is 0.224 e. The molecule has 2 heterocycles. The fraction of sp³-hybridized carbons (Fsp3) is 0.286. The molecule has 21 heavy (non-hydrogen) atoms. The molecule has 0 unspecified atom stereocenters. The summed E-state index contributed by atoms with van der Waals surface area (Å²) in [6.45, 7) is 2.97. The summed E-state index contributed by atoms with van der Waals surface area (Å²) in [6, 6.07) is 7.99. The van der Waals surface area contributed by atoms with Crippen LogP contribution in [0.25, 0.3) is 10.9 Å². The largest absolute Gasteiger partial charge is 0.354 e. The van der Waals surface area contributed by atoms with E-state index < -0.39 is 0 Å². The van der Waals surface area contributed by atoms with Gasteiger partial charge in [-0.3, -0.25) is 0 Å². The van der Waals surface area contributed by atoms with Crippen molar-refractivity contribution in [2.45, 2.75) is 23.5 Å². The molecule has 108 valence electrons. The third kappa shape index (κ3) is 2.97. The van der Waals surface area contributed by atoms with E-state index in [0.29, 0.717) is 5.95 Å². The fourth-order valence-corrected chi connectivity index (χ4v) is 2.76. The number of nitrogens with one attached hydrogen (secondary N) is 1. The van der Waals surface area contributed by atoms with Crippen molar-refractivity contribution in [3.05, 3.63) is 30.6 Å². The molecule has 0 bridgehead atoms. The summed E-state index contributed by atoms with van der Waals surface area (Å²) in [5, 5.41) is 14.0. The lowest BCUT2D eigenvalue weighted by Gasteiger charge is -2.08. The van der Waals surface area contributed by atoms with Crippen molar-refractivity contribution in [1.82, 2.24) is 24.7 Å². The van der Waals surface area contributed by atoms with Gasteiger partial charge in [0.25, 0.3) is 0 Å². The second kappa shape index (κ2) is 6.09. The van der Waals surface area contributed by atoms with Gasteiger partial charge in [0.15, 0.2) is 5.16 Å². The Balaban J connectivity index is 2.04. The van der Waals surface area contributed by atoms with Crippen LogP contribution in [0.3, 0.4) is 0 Å². The van der Waals surface area contributed by atoms with E-state index in [-0.39, 0.29) is 0 Å². The summed E-state index contributed by atoms with van der Waals surface area (Å²) in [5.41, 5.74) is 0.927. The average molecular weight is 300 g/mol. The van der Waals surface area contributed by atoms with Crippen molar-refractivity contribution in [3.8, 4) is 0 Å². The van der Waals surface area contributed by atoms with Crippen LogP contribution >= 0.6 is 11.8 Å². The molecule has 0 radical (unpaired) electrons. The Morgan fingerprint density at radius 3 is 2.86 bits per heavy atom. The summed E-state index contributed by atoms with van der Waals surface area (Å²) in [5.74, 6) is 0.653. The predicted molar refractivity (Wildman–Crippen MR) is 83.4 cm³/mol. The molecule has 0 aliphatic heterocycles. The van der Waals surface area contributed by atoms with E-state index in [4.69, 9.17) is 0 Å². The van der Waals surface area contributed by atoms with Gasteiger partial charge in [0.05, 0.1) is 5.52 Å². The standard InChI is InChI=1S/C14H16N6S/c1-3-8-15-13-17-11-7-5-4-6-10(11)12(18-13)21-14-19-16-9-20(14)2/h4-7,9H,3,8H2,1-2H3,(H,15,17,18). The lowest BCUT2D eigenvalue weighted by atomic mass is 10.2. The van der Waals surface area contributed by atoms with E-state index in [1.807, 2.05) is 35.9 Å². The molecule has 0 atom stereocenters. The quantitative estimate of drug-likeness (QED) is 0.731. The molecule has 3 rings (SSSR count). The predicted octanol–water partition coefficient (Wildman–Crippen LogP) is 2.73. The van der Waals surface area contributed by atoms with E-state index in [1.165, 1.54) is 11.8 Å². The van der Waals surface area contributed by atoms with E-state index in [0.717, 1.165) is 34.1 Å². The zero-order chi connectivity index (χ0) is 14.7. The number of benzene rings is 1. The smallest absolute Gasteiger partial charge is 0.224 e. The third-order valence-electron chi connectivity index (χ3n) is 2.96. The second-order valence-corrected chi connectivity index (χ2v) is 5.58. The summed E-state index contributed by atoms with van der Waals surface area (Å²) in [4.78, 5) is 9.16. The molecule has 0 aliphatic rings. The molecule has 7 heteroatoms. The fourth-order valence-electron chi connectivity index (χ4n) is 1.89. The van der Waals surface area contributed by atoms with Crippen LogP contribution in [-0.2, 0) is 7.05 Å². The number of rotatable bonds is 5. The van der Waals surface area contributed by atoms with Gasteiger partial charge in [-0.1, -0.05) is 25.1 Å². The molecule has 0 aliphatic carbocycles. The minimum absolute atomic E-state index is 0.653. The van der Waals surface area contributed by atoms with E-state index in [1.54, 1.807) is 6.33 Å². The highest BCUT2D eigenvalue weighted by molar-refractivity contribution is 7.99. The number of hydrogen-bond acceptors (Lipinski definition) is 6. The highest BCUT2D eigenvalue weighted by Crippen LogP contribution is 2.30. The minimum Gasteiger partial charge on any atom is -0.354 e. The Morgan fingerprint density at radius 2 is 2.10 bits per heavy atom. The van der Waals surface area contributed by atoms with Gasteiger partial charge in [-0.05, 0) is 24.2 Å². The molecule has 0 saturated heterocycles. The van der Waals surface area contributed by atoms with Crippen LogP contribution in [-0.4, -0.2) is 31.3 Å². The van der Waals surface area contributed by atoms with Crippen molar-refractivity contribution in [1.29, 1.82) is 0 Å². The first-order valence-electron chi connectivity index (χ1n) is 6.80. The Labute approximate surface area is 127 Å². The van der Waals surface area contributed by atoms with E-state index >= 15 is 0 Å². The zero-order valence-electron chi connectivity index (χ0n) is 11.9. The molecule has 0 amide bonds. The summed E-state index contributed by atoms with van der Waals surface area (Å²) >= 11 is 1.50. The highest BCUT2D eigenvalue weighted by Gasteiger charge is 2.11. The summed E-state index contributed by atoms with van der Waals surface area (Å²) in [6.07, 6.45) is 2.71. The van der Waals surface area contributed by atoms with Crippen LogP contribution in [0, 0.1) is 0 Å². The molecule has 1 N–H and O–H groups in total. The number of hydrogen-bond donors (Lipinski definition) is 1. The maximum absolute atomic E-state index is 4.61. The average Bonchev–Trinajstić information content (AvgIpc) is 2.90. The van der Waals surface area contributed by atoms with Crippen LogP contribution in [0.4, 0.5) is 5.95 Å². The number of fused-ring (bicyclic) bond motifs is 1. The van der Waals surface area contributed by atoms with Crippen molar-refractivity contribution in [2.75, 3.05) is 11.9 Å². The maximum atomic E-state index is 4.61. The van der Waals surface area contributed by atoms with Gasteiger partial charge in [0.2, 0.25) is 5.95 Å². The number of para-hydroxylation sites is 1. The summed E-state index contributed by atoms with van der Waals surface area (Å²) in [7, 11) is 1.92. The Bertz CT molecular complexity index is 754. The van der Waals surface area contributed by atoms with Gasteiger partial charge in [-0.15, -0.1) is 10.2 Å². The van der Waals surface area contributed by atoms with Gasteiger partial charge in [0, 0.05) is 19.0 Å². The van der Waals surface area contributed by atoms with Gasteiger partial charge in [-0.2, -0.15) is 0 Å². The second-order valence-electron chi connectivity index (χ2n) is 4.62. The van der Waals surface area contributed by atoms with Gasteiger partial charge >= 0.3 is 0 Å². The van der Waals surface area contributed by atoms with E-state index in [2.05, 4.69) is 32.4 Å². The molecule has 1 aromatic carbocycles. The topological polar surface area (TPSA) is 68.5 Å². The number of nitrogens with zero attached hydrogens (tertiary/aromatic N) is 5. The lowest BCUT2D eigenvalue weighted by molar-refractivity contribution is 0.787. The van der Waals surface area contributed by atoms with Crippen LogP contribution in [0.2, 0.25) is 0 Å². The van der Waals surface area contributed by atoms with E-state index in [9.17, 15) is 0 Å². The van der Waals surface area contributed by atoms with Crippen LogP contribution in [0.1, 0.15) is 13.3 Å². The van der Waals surface area contributed by atoms with Crippen LogP contribution in [0.15, 0.2) is 40.8 Å². The van der Waals surface area contributed by atoms with Crippen LogP contribution in [0.5, 0.6) is 0 Å². The Hall–Kier alpha value is -2.15. The normalized spacial score (nSPS) is 11.0. The van der Waals surface area contributed by atoms with Crippen molar-refractivity contribution in [2.24, 2.45) is 7.05 Å². The zero-order valence-corrected chi connectivity index (χ0v) is 12.8. The molecule has 3 aromatic rings. The molecule has 0 saturated carbocycles. The van der Waals surface area contributed by atoms with Crippen molar-refractivity contribution < 1.29 is 0 Å². The first-order chi connectivity index (χ1) is 10.3. The Morgan fingerprint density at radius 1 is 1.24 bits per heavy atom. The van der Waals surface area contributed by atoms with Crippen molar-refractivity contribution in [3.63, 3.8) is 0 Å². The van der Waals surface area contributed by atoms with Gasteiger partial charge < -0.3 is 9.88 Å². The third-order valence-corrected chi connectivity index (χ3v) is 4.02. The monoisotopic (exact) mass is 300 g/mol. The number of anilines is 1.